The predicted octanol–water partition coefficient (Wildman–Crippen LogP) is 5.24. The molecule has 0 spiro atoms. The summed E-state index contributed by atoms with van der Waals surface area (Å²) in [5.74, 6) is -0.312. The molecule has 1 aromatic heterocycles. The van der Waals surface area contributed by atoms with E-state index in [2.05, 4.69) is 20.9 Å². The molecule has 2 aromatic carbocycles. The molecular weight excluding hydrogens is 351 g/mol. The van der Waals surface area contributed by atoms with E-state index in [0.29, 0.717) is 14.3 Å². The zero-order valence-electron chi connectivity index (χ0n) is 9.45. The molecule has 0 saturated heterocycles. The van der Waals surface area contributed by atoms with Crippen LogP contribution in [0.2, 0.25) is 5.02 Å². The molecule has 0 aliphatic heterocycles. The van der Waals surface area contributed by atoms with Gasteiger partial charge in [-0.3, -0.25) is 4.57 Å². The third-order valence-corrected chi connectivity index (χ3v) is 3.93. The number of hydrogen-bond acceptors (Lipinski definition) is 1. The number of fused-ring (bicyclic) bond motifs is 1. The first-order chi connectivity index (χ1) is 9.06. The maximum atomic E-state index is 13.3. The zero-order chi connectivity index (χ0) is 13.6. The molecule has 0 atom stereocenters. The van der Waals surface area contributed by atoms with E-state index in [4.69, 9.17) is 23.8 Å². The van der Waals surface area contributed by atoms with Crippen LogP contribution in [0.4, 0.5) is 4.39 Å². The summed E-state index contributed by atoms with van der Waals surface area (Å²) in [7, 11) is 0. The summed E-state index contributed by atoms with van der Waals surface area (Å²) in [6.07, 6.45) is 0. The van der Waals surface area contributed by atoms with Crippen LogP contribution in [0, 0.1) is 10.6 Å². The maximum Gasteiger partial charge on any atom is 0.182 e. The van der Waals surface area contributed by atoms with Crippen LogP contribution in [0.1, 0.15) is 0 Å². The molecule has 0 bridgehead atoms. The number of benzene rings is 2. The van der Waals surface area contributed by atoms with Crippen LogP contribution in [0.25, 0.3) is 16.7 Å². The fourth-order valence-electron chi connectivity index (χ4n) is 1.96. The molecule has 1 N–H and O–H groups in total. The minimum Gasteiger partial charge on any atom is -0.330 e. The summed E-state index contributed by atoms with van der Waals surface area (Å²) in [4.78, 5) is 3.10. The number of H-pyrrole nitrogens is 1. The van der Waals surface area contributed by atoms with E-state index in [1.807, 2.05) is 16.7 Å². The maximum absolute atomic E-state index is 13.3. The van der Waals surface area contributed by atoms with E-state index in [-0.39, 0.29) is 5.82 Å². The van der Waals surface area contributed by atoms with Gasteiger partial charge in [0.1, 0.15) is 5.82 Å². The molecular formula is C13H7BrClFN2S. The minimum atomic E-state index is -0.312. The Morgan fingerprint density at radius 1 is 1.21 bits per heavy atom. The van der Waals surface area contributed by atoms with Crippen LogP contribution in [0.3, 0.4) is 0 Å². The quantitative estimate of drug-likeness (QED) is 0.590. The molecule has 0 aliphatic rings. The molecule has 3 aromatic rings. The second-order valence-electron chi connectivity index (χ2n) is 4.03. The average molecular weight is 358 g/mol. The Morgan fingerprint density at radius 2 is 2.00 bits per heavy atom. The molecule has 1 heterocycles. The molecule has 19 heavy (non-hydrogen) atoms. The molecule has 0 amide bonds. The van der Waals surface area contributed by atoms with Crippen molar-refractivity contribution in [2.75, 3.05) is 0 Å². The van der Waals surface area contributed by atoms with Crippen molar-refractivity contribution in [3.8, 4) is 5.69 Å². The number of nitrogens with zero attached hydrogens (tertiary/aromatic N) is 1. The van der Waals surface area contributed by atoms with E-state index in [9.17, 15) is 4.39 Å². The van der Waals surface area contributed by atoms with Crippen LogP contribution in [-0.4, -0.2) is 9.55 Å². The summed E-state index contributed by atoms with van der Waals surface area (Å²) < 4.78 is 16.1. The van der Waals surface area contributed by atoms with Crippen molar-refractivity contribution < 1.29 is 4.39 Å². The molecule has 0 fully saturated rings. The van der Waals surface area contributed by atoms with E-state index in [1.165, 1.54) is 6.07 Å². The van der Waals surface area contributed by atoms with E-state index >= 15 is 0 Å². The number of nitrogens with one attached hydrogen (secondary N) is 1. The second kappa shape index (κ2) is 4.74. The van der Waals surface area contributed by atoms with Gasteiger partial charge in [0, 0.05) is 10.7 Å². The number of aromatic nitrogens is 2. The number of hydrogen-bond donors (Lipinski definition) is 1. The lowest BCUT2D eigenvalue weighted by atomic mass is 10.2. The van der Waals surface area contributed by atoms with Crippen molar-refractivity contribution in [2.24, 2.45) is 0 Å². The third-order valence-electron chi connectivity index (χ3n) is 2.81. The van der Waals surface area contributed by atoms with Crippen LogP contribution >= 0.6 is 39.7 Å². The average Bonchev–Trinajstić information content (AvgIpc) is 2.68. The monoisotopic (exact) mass is 356 g/mol. The number of aromatic amines is 1. The lowest BCUT2D eigenvalue weighted by Crippen LogP contribution is -1.94. The van der Waals surface area contributed by atoms with Gasteiger partial charge >= 0.3 is 0 Å². The summed E-state index contributed by atoms with van der Waals surface area (Å²) in [6.45, 7) is 0. The van der Waals surface area contributed by atoms with Gasteiger partial charge in [0.25, 0.3) is 0 Å². The van der Waals surface area contributed by atoms with Gasteiger partial charge in [-0.25, -0.2) is 4.39 Å². The van der Waals surface area contributed by atoms with Gasteiger partial charge in [0.2, 0.25) is 0 Å². The Labute approximate surface area is 127 Å². The molecule has 0 saturated carbocycles. The van der Waals surface area contributed by atoms with E-state index in [0.717, 1.165) is 16.7 Å². The molecule has 0 unspecified atom stereocenters. The lowest BCUT2D eigenvalue weighted by molar-refractivity contribution is 0.620. The summed E-state index contributed by atoms with van der Waals surface area (Å²) >= 11 is 14.5. The van der Waals surface area contributed by atoms with E-state index < -0.39 is 0 Å². The van der Waals surface area contributed by atoms with Crippen molar-refractivity contribution >= 4 is 50.8 Å². The highest BCUT2D eigenvalue weighted by Crippen LogP contribution is 2.25. The van der Waals surface area contributed by atoms with Crippen LogP contribution in [0.5, 0.6) is 0 Å². The Kier molecular flexibility index (Phi) is 3.20. The highest BCUT2D eigenvalue weighted by Gasteiger charge is 2.09. The molecule has 0 radical (unpaired) electrons. The fraction of sp³-hybridized carbons (Fsp3) is 0. The van der Waals surface area contributed by atoms with Crippen molar-refractivity contribution in [3.63, 3.8) is 0 Å². The molecule has 6 heteroatoms. The standard InChI is InChI=1S/C13H7BrClFN2S/c14-9-6-8(2-3-10(9)16)18-12-5-7(15)1-4-11(12)17-13(18)19/h1-6H,(H,17,19). The van der Waals surface area contributed by atoms with Crippen molar-refractivity contribution in [3.05, 3.63) is 56.5 Å². The molecule has 96 valence electrons. The number of halogens is 3. The SMILES string of the molecule is Fc1ccc(-n2c(=S)[nH]c3ccc(Cl)cc32)cc1Br. The molecule has 0 aliphatic carbocycles. The third kappa shape index (κ3) is 2.22. The Bertz CT molecular complexity index is 840. The van der Waals surface area contributed by atoms with Gasteiger partial charge < -0.3 is 4.98 Å². The summed E-state index contributed by atoms with van der Waals surface area (Å²) in [5.41, 5.74) is 2.51. The minimum absolute atomic E-state index is 0.312. The van der Waals surface area contributed by atoms with Crippen LogP contribution in [0.15, 0.2) is 40.9 Å². The Morgan fingerprint density at radius 3 is 2.74 bits per heavy atom. The molecule has 3 rings (SSSR count). The van der Waals surface area contributed by atoms with Gasteiger partial charge in [-0.2, -0.15) is 0 Å². The largest absolute Gasteiger partial charge is 0.330 e. The first kappa shape index (κ1) is 12.8. The zero-order valence-corrected chi connectivity index (χ0v) is 12.6. The normalized spacial score (nSPS) is 11.1. The van der Waals surface area contributed by atoms with E-state index in [1.54, 1.807) is 18.2 Å². The van der Waals surface area contributed by atoms with Gasteiger partial charge in [-0.1, -0.05) is 11.6 Å². The first-order valence-corrected chi connectivity index (χ1v) is 7.00. The Hall–Kier alpha value is -1.17. The van der Waals surface area contributed by atoms with Gasteiger partial charge in [0.15, 0.2) is 4.77 Å². The van der Waals surface area contributed by atoms with Gasteiger partial charge in [-0.05, 0) is 64.5 Å². The second-order valence-corrected chi connectivity index (χ2v) is 5.70. The van der Waals surface area contributed by atoms with Crippen molar-refractivity contribution in [1.82, 2.24) is 9.55 Å². The lowest BCUT2D eigenvalue weighted by Gasteiger charge is -2.06. The fourth-order valence-corrected chi connectivity index (χ4v) is 2.80. The van der Waals surface area contributed by atoms with Crippen LogP contribution in [-0.2, 0) is 0 Å². The van der Waals surface area contributed by atoms with Crippen molar-refractivity contribution in [1.29, 1.82) is 0 Å². The smallest absolute Gasteiger partial charge is 0.182 e. The van der Waals surface area contributed by atoms with Crippen molar-refractivity contribution in [2.45, 2.75) is 0 Å². The first-order valence-electron chi connectivity index (χ1n) is 5.42. The Balaban J connectivity index is 2.35. The van der Waals surface area contributed by atoms with Gasteiger partial charge in [-0.15, -0.1) is 0 Å². The number of rotatable bonds is 1. The summed E-state index contributed by atoms with van der Waals surface area (Å²) in [6, 6.07) is 10.2. The summed E-state index contributed by atoms with van der Waals surface area (Å²) in [5, 5.41) is 0.622. The highest BCUT2D eigenvalue weighted by molar-refractivity contribution is 9.10. The number of imidazole rings is 1. The molecule has 2 nitrogen and oxygen atoms in total. The van der Waals surface area contributed by atoms with Crippen LogP contribution < -0.4 is 0 Å². The van der Waals surface area contributed by atoms with Gasteiger partial charge in [0.05, 0.1) is 15.5 Å². The predicted molar refractivity (Wildman–Crippen MR) is 81.1 cm³/mol. The highest BCUT2D eigenvalue weighted by atomic mass is 79.9. The topological polar surface area (TPSA) is 20.7 Å².